The average Bonchev–Trinajstić information content (AvgIpc) is 2.74. The van der Waals surface area contributed by atoms with Crippen molar-refractivity contribution in [2.45, 2.75) is 0 Å². The number of rotatable bonds is 2. The van der Waals surface area contributed by atoms with Crippen LogP contribution in [0.15, 0.2) is 47.5 Å². The lowest BCUT2D eigenvalue weighted by Crippen LogP contribution is -2.31. The van der Waals surface area contributed by atoms with E-state index in [1.54, 1.807) is 36.4 Å². The fourth-order valence-electron chi connectivity index (χ4n) is 2.25. The molecule has 0 spiro atoms. The van der Waals surface area contributed by atoms with E-state index in [0.717, 1.165) is 4.90 Å². The Morgan fingerprint density at radius 3 is 2.09 bits per heavy atom. The first kappa shape index (κ1) is 16.3. The third-order valence-electron chi connectivity index (χ3n) is 3.33. The summed E-state index contributed by atoms with van der Waals surface area (Å²) in [4.78, 5) is 26.0. The van der Waals surface area contributed by atoms with Crippen molar-refractivity contribution < 1.29 is 9.59 Å². The van der Waals surface area contributed by atoms with Crippen molar-refractivity contribution in [3.05, 3.63) is 68.1 Å². The molecule has 0 bridgehead atoms. The molecule has 1 heterocycles. The zero-order valence-corrected chi connectivity index (χ0v) is 14.3. The maximum atomic E-state index is 12.7. The molecule has 0 N–H and O–H groups in total. The fourth-order valence-corrected chi connectivity index (χ4v) is 3.03. The normalized spacial score (nSPS) is 14.9. The lowest BCUT2D eigenvalue weighted by Gasteiger charge is -2.17. The summed E-state index contributed by atoms with van der Waals surface area (Å²) < 4.78 is 0. The SMILES string of the molecule is O=C1C(Cl)=C(c2ccc(Cl)cc2)C(=O)N1c1cccc(Cl)c1Cl. The van der Waals surface area contributed by atoms with Gasteiger partial charge < -0.3 is 0 Å². The van der Waals surface area contributed by atoms with Gasteiger partial charge in [0, 0.05) is 5.02 Å². The molecule has 0 unspecified atom stereocenters. The molecule has 23 heavy (non-hydrogen) atoms. The van der Waals surface area contributed by atoms with Crippen molar-refractivity contribution in [2.75, 3.05) is 4.90 Å². The Bertz CT molecular complexity index is 859. The molecule has 0 aromatic heterocycles. The van der Waals surface area contributed by atoms with Crippen LogP contribution in [0.25, 0.3) is 5.57 Å². The van der Waals surface area contributed by atoms with Crippen molar-refractivity contribution >= 4 is 69.5 Å². The Kier molecular flexibility index (Phi) is 4.39. The highest BCUT2D eigenvalue weighted by Crippen LogP contribution is 2.39. The molecule has 116 valence electrons. The van der Waals surface area contributed by atoms with Crippen LogP contribution in [-0.4, -0.2) is 11.8 Å². The average molecular weight is 387 g/mol. The number of imide groups is 1. The van der Waals surface area contributed by atoms with Gasteiger partial charge in [-0.25, -0.2) is 4.90 Å². The van der Waals surface area contributed by atoms with E-state index in [0.29, 0.717) is 10.6 Å². The van der Waals surface area contributed by atoms with Crippen LogP contribution < -0.4 is 4.90 Å². The topological polar surface area (TPSA) is 37.4 Å². The molecule has 7 heteroatoms. The second-order valence-electron chi connectivity index (χ2n) is 4.71. The molecule has 1 aliphatic heterocycles. The first-order valence-electron chi connectivity index (χ1n) is 6.40. The van der Waals surface area contributed by atoms with Gasteiger partial charge in [0.25, 0.3) is 11.8 Å². The van der Waals surface area contributed by atoms with Gasteiger partial charge in [0.05, 0.1) is 21.3 Å². The lowest BCUT2D eigenvalue weighted by atomic mass is 10.1. The summed E-state index contributed by atoms with van der Waals surface area (Å²) in [5, 5.41) is 0.684. The molecule has 0 fully saturated rings. The van der Waals surface area contributed by atoms with Crippen LogP contribution in [0.3, 0.4) is 0 Å². The monoisotopic (exact) mass is 385 g/mol. The Labute approximate surface area is 152 Å². The van der Waals surface area contributed by atoms with E-state index in [2.05, 4.69) is 0 Å². The van der Waals surface area contributed by atoms with Gasteiger partial charge in [0.1, 0.15) is 5.03 Å². The summed E-state index contributed by atoms with van der Waals surface area (Å²) in [6.07, 6.45) is 0. The first-order valence-corrected chi connectivity index (χ1v) is 7.91. The van der Waals surface area contributed by atoms with Gasteiger partial charge in [0.15, 0.2) is 0 Å². The van der Waals surface area contributed by atoms with Crippen molar-refractivity contribution in [3.8, 4) is 0 Å². The van der Waals surface area contributed by atoms with Crippen molar-refractivity contribution in [2.24, 2.45) is 0 Å². The quantitative estimate of drug-likeness (QED) is 0.667. The molecule has 2 aromatic rings. The summed E-state index contributed by atoms with van der Waals surface area (Å²) in [6.45, 7) is 0. The third kappa shape index (κ3) is 2.74. The Balaban J connectivity index is 2.09. The number of hydrogen-bond acceptors (Lipinski definition) is 2. The summed E-state index contributed by atoms with van der Waals surface area (Å²) in [5.74, 6) is -1.21. The second-order valence-corrected chi connectivity index (χ2v) is 6.31. The fraction of sp³-hybridized carbons (Fsp3) is 0. The maximum Gasteiger partial charge on any atom is 0.277 e. The Morgan fingerprint density at radius 2 is 1.43 bits per heavy atom. The molecule has 1 aliphatic rings. The van der Waals surface area contributed by atoms with Gasteiger partial charge in [-0.3, -0.25) is 9.59 Å². The Morgan fingerprint density at radius 1 is 0.783 bits per heavy atom. The molecular weight excluding hydrogens is 380 g/mol. The number of amides is 2. The zero-order valence-electron chi connectivity index (χ0n) is 11.3. The predicted molar refractivity (Wildman–Crippen MR) is 93.2 cm³/mol. The standard InChI is InChI=1S/C16H7Cl4NO2/c17-9-6-4-8(5-7-9)12-14(20)16(23)21(15(12)22)11-3-1-2-10(18)13(11)19/h1-7H. The van der Waals surface area contributed by atoms with Gasteiger partial charge in [0.2, 0.25) is 0 Å². The summed E-state index contributed by atoms with van der Waals surface area (Å²) >= 11 is 24.0. The van der Waals surface area contributed by atoms with E-state index in [9.17, 15) is 9.59 Å². The molecule has 2 amide bonds. The van der Waals surface area contributed by atoms with Gasteiger partial charge in [-0.1, -0.05) is 64.6 Å². The molecular formula is C16H7Cl4NO2. The lowest BCUT2D eigenvalue weighted by molar-refractivity contribution is -0.119. The minimum atomic E-state index is -0.647. The van der Waals surface area contributed by atoms with E-state index in [-0.39, 0.29) is 26.3 Å². The highest BCUT2D eigenvalue weighted by Gasteiger charge is 2.40. The molecule has 0 atom stereocenters. The molecule has 3 rings (SSSR count). The molecule has 2 aromatic carbocycles. The van der Waals surface area contributed by atoms with E-state index in [1.165, 1.54) is 6.07 Å². The molecule has 0 radical (unpaired) electrons. The molecule has 3 nitrogen and oxygen atoms in total. The number of hydrogen-bond donors (Lipinski definition) is 0. The smallest absolute Gasteiger partial charge is 0.268 e. The van der Waals surface area contributed by atoms with Gasteiger partial charge in [-0.15, -0.1) is 0 Å². The van der Waals surface area contributed by atoms with Crippen LogP contribution in [0.1, 0.15) is 5.56 Å². The summed E-state index contributed by atoms with van der Waals surface area (Å²) in [6, 6.07) is 11.1. The third-order valence-corrected chi connectivity index (χ3v) is 4.74. The number of halogens is 4. The van der Waals surface area contributed by atoms with Gasteiger partial charge >= 0.3 is 0 Å². The van der Waals surface area contributed by atoms with Crippen molar-refractivity contribution in [3.63, 3.8) is 0 Å². The molecule has 0 saturated heterocycles. The van der Waals surface area contributed by atoms with Crippen LogP contribution in [0.5, 0.6) is 0 Å². The number of carbonyl (C=O) groups excluding carboxylic acids is 2. The van der Waals surface area contributed by atoms with Crippen LogP contribution >= 0.6 is 46.4 Å². The highest BCUT2D eigenvalue weighted by atomic mass is 35.5. The van der Waals surface area contributed by atoms with Gasteiger partial charge in [-0.05, 0) is 29.8 Å². The van der Waals surface area contributed by atoms with E-state index in [4.69, 9.17) is 46.4 Å². The largest absolute Gasteiger partial charge is 0.277 e. The summed E-state index contributed by atoms with van der Waals surface area (Å²) in [7, 11) is 0. The molecule has 0 aliphatic carbocycles. The minimum Gasteiger partial charge on any atom is -0.268 e. The van der Waals surface area contributed by atoms with Crippen molar-refractivity contribution in [1.29, 1.82) is 0 Å². The predicted octanol–water partition coefficient (Wildman–Crippen LogP) is 5.17. The van der Waals surface area contributed by atoms with Crippen molar-refractivity contribution in [1.82, 2.24) is 0 Å². The first-order chi connectivity index (χ1) is 10.9. The maximum absolute atomic E-state index is 12.7. The highest BCUT2D eigenvalue weighted by molar-refractivity contribution is 6.61. The van der Waals surface area contributed by atoms with Crippen LogP contribution in [0.2, 0.25) is 15.1 Å². The number of anilines is 1. The van der Waals surface area contributed by atoms with Gasteiger partial charge in [-0.2, -0.15) is 0 Å². The van der Waals surface area contributed by atoms with E-state index in [1.807, 2.05) is 0 Å². The number of carbonyl (C=O) groups is 2. The number of nitrogens with zero attached hydrogens (tertiary/aromatic N) is 1. The van der Waals surface area contributed by atoms with Crippen LogP contribution in [-0.2, 0) is 9.59 Å². The minimum absolute atomic E-state index is 0.101. The second kappa shape index (κ2) is 6.17. The number of benzene rings is 2. The zero-order chi connectivity index (χ0) is 16.7. The van der Waals surface area contributed by atoms with E-state index >= 15 is 0 Å². The summed E-state index contributed by atoms with van der Waals surface area (Å²) in [5.41, 5.74) is 0.791. The molecule has 0 saturated carbocycles. The van der Waals surface area contributed by atoms with Crippen LogP contribution in [0, 0.1) is 0 Å². The van der Waals surface area contributed by atoms with Crippen LogP contribution in [0.4, 0.5) is 5.69 Å². The Hall–Kier alpha value is -1.52. The van der Waals surface area contributed by atoms with E-state index < -0.39 is 11.8 Å².